The summed E-state index contributed by atoms with van der Waals surface area (Å²) in [4.78, 5) is 11.6. The summed E-state index contributed by atoms with van der Waals surface area (Å²) in [5.41, 5.74) is 4.70. The predicted octanol–water partition coefficient (Wildman–Crippen LogP) is 2.35. The van der Waals surface area contributed by atoms with E-state index in [1.165, 1.54) is 0 Å². The first-order valence-electron chi connectivity index (χ1n) is 5.93. The Bertz CT molecular complexity index is 514. The Morgan fingerprint density at radius 2 is 1.95 bits per heavy atom. The Balaban J connectivity index is 2.55. The summed E-state index contributed by atoms with van der Waals surface area (Å²) >= 11 is 0. The zero-order valence-corrected chi connectivity index (χ0v) is 11.1. The smallest absolute Gasteiger partial charge is 0.409 e. The minimum absolute atomic E-state index is 0.0441. The van der Waals surface area contributed by atoms with Gasteiger partial charge in [-0.3, -0.25) is 0 Å². The van der Waals surface area contributed by atoms with Gasteiger partial charge < -0.3 is 21.6 Å². The molecule has 0 aliphatic rings. The third kappa shape index (κ3) is 5.59. The van der Waals surface area contributed by atoms with Gasteiger partial charge in [-0.1, -0.05) is 5.16 Å². The number of nitrogens with zero attached hydrogens (tertiary/aromatic N) is 1. The van der Waals surface area contributed by atoms with E-state index in [4.69, 9.17) is 10.9 Å². The number of hydrogen-bond acceptors (Lipinski definition) is 3. The van der Waals surface area contributed by atoms with E-state index >= 15 is 0 Å². The van der Waals surface area contributed by atoms with Crippen LogP contribution >= 0.6 is 0 Å². The molecule has 2 amide bonds. The van der Waals surface area contributed by atoms with Gasteiger partial charge in [-0.05, 0) is 31.2 Å². The number of amidine groups is 1. The van der Waals surface area contributed by atoms with Gasteiger partial charge >= 0.3 is 12.2 Å². The van der Waals surface area contributed by atoms with Crippen LogP contribution in [0.1, 0.15) is 18.9 Å². The maximum atomic E-state index is 12.4. The Kier molecular flexibility index (Phi) is 5.39. The van der Waals surface area contributed by atoms with Gasteiger partial charge in [0.1, 0.15) is 5.84 Å². The number of benzene rings is 1. The average molecular weight is 304 g/mol. The lowest BCUT2D eigenvalue weighted by atomic mass is 10.2. The van der Waals surface area contributed by atoms with Crippen molar-refractivity contribution < 1.29 is 23.2 Å². The SMILES string of the molecule is CC(CC(N)=NO)NC(=O)Nc1ccc(C(F)(F)F)cc1. The Morgan fingerprint density at radius 1 is 1.38 bits per heavy atom. The van der Waals surface area contributed by atoms with Crippen LogP contribution in [0.15, 0.2) is 29.4 Å². The van der Waals surface area contributed by atoms with Crippen molar-refractivity contribution in [3.63, 3.8) is 0 Å². The number of rotatable bonds is 4. The fraction of sp³-hybridized carbons (Fsp3) is 0.333. The number of alkyl halides is 3. The molecule has 6 nitrogen and oxygen atoms in total. The molecule has 0 spiro atoms. The van der Waals surface area contributed by atoms with Crippen LogP contribution < -0.4 is 16.4 Å². The molecule has 1 aromatic carbocycles. The second-order valence-electron chi connectivity index (χ2n) is 4.37. The van der Waals surface area contributed by atoms with Crippen LogP contribution in [0.25, 0.3) is 0 Å². The molecule has 1 atom stereocenters. The van der Waals surface area contributed by atoms with Crippen LogP contribution in [0.4, 0.5) is 23.7 Å². The van der Waals surface area contributed by atoms with E-state index in [-0.39, 0.29) is 17.9 Å². The third-order valence-electron chi connectivity index (χ3n) is 2.49. The topological polar surface area (TPSA) is 99.7 Å². The minimum atomic E-state index is -4.42. The zero-order chi connectivity index (χ0) is 16.0. The minimum Gasteiger partial charge on any atom is -0.409 e. The molecule has 0 bridgehead atoms. The highest BCUT2D eigenvalue weighted by atomic mass is 19.4. The highest BCUT2D eigenvalue weighted by Crippen LogP contribution is 2.29. The standard InChI is InChI=1S/C12H15F3N4O2/c1-7(6-10(16)19-21)17-11(20)18-9-4-2-8(3-5-9)12(13,14)15/h2-5,7,21H,6H2,1H3,(H2,16,19)(H2,17,18,20). The monoisotopic (exact) mass is 304 g/mol. The molecule has 0 aromatic heterocycles. The number of amides is 2. The molecular weight excluding hydrogens is 289 g/mol. The van der Waals surface area contributed by atoms with Crippen molar-refractivity contribution in [1.29, 1.82) is 0 Å². The molecule has 116 valence electrons. The van der Waals surface area contributed by atoms with Crippen LogP contribution in [0.3, 0.4) is 0 Å². The van der Waals surface area contributed by atoms with Gasteiger partial charge in [-0.15, -0.1) is 0 Å². The van der Waals surface area contributed by atoms with Crippen LogP contribution in [-0.4, -0.2) is 23.1 Å². The molecule has 0 aliphatic heterocycles. The average Bonchev–Trinajstić information content (AvgIpc) is 2.37. The van der Waals surface area contributed by atoms with Gasteiger partial charge in [0.05, 0.1) is 5.56 Å². The summed E-state index contributed by atoms with van der Waals surface area (Å²) in [6.07, 6.45) is -4.28. The van der Waals surface area contributed by atoms with E-state index in [1.807, 2.05) is 0 Å². The molecule has 0 saturated heterocycles. The first-order valence-corrected chi connectivity index (χ1v) is 5.93. The number of anilines is 1. The van der Waals surface area contributed by atoms with Gasteiger partial charge in [0.25, 0.3) is 0 Å². The highest BCUT2D eigenvalue weighted by molar-refractivity contribution is 5.90. The third-order valence-corrected chi connectivity index (χ3v) is 2.49. The van der Waals surface area contributed by atoms with Crippen LogP contribution in [0.5, 0.6) is 0 Å². The number of nitrogens with two attached hydrogens (primary N) is 1. The lowest BCUT2D eigenvalue weighted by Gasteiger charge is -2.14. The summed E-state index contributed by atoms with van der Waals surface area (Å²) in [5.74, 6) is -0.0441. The first-order chi connectivity index (χ1) is 9.72. The number of hydrogen-bond donors (Lipinski definition) is 4. The van der Waals surface area contributed by atoms with Crippen molar-refractivity contribution in [2.75, 3.05) is 5.32 Å². The van der Waals surface area contributed by atoms with Gasteiger partial charge in [-0.2, -0.15) is 13.2 Å². The number of oxime groups is 1. The second-order valence-corrected chi connectivity index (χ2v) is 4.37. The second kappa shape index (κ2) is 6.82. The van der Waals surface area contributed by atoms with E-state index in [0.29, 0.717) is 0 Å². The zero-order valence-electron chi connectivity index (χ0n) is 11.1. The van der Waals surface area contributed by atoms with Crippen LogP contribution in [0, 0.1) is 0 Å². The van der Waals surface area contributed by atoms with Crippen molar-refractivity contribution in [3.8, 4) is 0 Å². The first kappa shape index (κ1) is 16.6. The van der Waals surface area contributed by atoms with E-state index in [2.05, 4.69) is 15.8 Å². The number of carbonyl (C=O) groups is 1. The molecule has 5 N–H and O–H groups in total. The van der Waals surface area contributed by atoms with Gasteiger partial charge in [0.2, 0.25) is 0 Å². The van der Waals surface area contributed by atoms with E-state index in [0.717, 1.165) is 24.3 Å². The maximum absolute atomic E-state index is 12.4. The summed E-state index contributed by atoms with van der Waals surface area (Å²) < 4.78 is 37.1. The summed E-state index contributed by atoms with van der Waals surface area (Å²) in [6, 6.07) is 3.03. The van der Waals surface area contributed by atoms with Crippen molar-refractivity contribution in [2.45, 2.75) is 25.6 Å². The molecule has 0 fully saturated rings. The van der Waals surface area contributed by atoms with Crippen molar-refractivity contribution in [2.24, 2.45) is 10.9 Å². The Labute approximate surface area is 118 Å². The number of urea groups is 1. The summed E-state index contributed by atoms with van der Waals surface area (Å²) in [5, 5.41) is 16.0. The normalized spacial score (nSPS) is 13.6. The highest BCUT2D eigenvalue weighted by Gasteiger charge is 2.29. The Morgan fingerprint density at radius 3 is 2.43 bits per heavy atom. The number of carbonyl (C=O) groups excluding carboxylic acids is 1. The quantitative estimate of drug-likeness (QED) is 0.297. The fourth-order valence-electron chi connectivity index (χ4n) is 1.54. The molecule has 0 aliphatic carbocycles. The number of nitrogens with one attached hydrogen (secondary N) is 2. The molecule has 1 rings (SSSR count). The van der Waals surface area contributed by atoms with Crippen molar-refractivity contribution >= 4 is 17.6 Å². The van der Waals surface area contributed by atoms with Gasteiger partial charge in [0, 0.05) is 18.2 Å². The molecule has 21 heavy (non-hydrogen) atoms. The molecule has 0 saturated carbocycles. The van der Waals surface area contributed by atoms with E-state index in [9.17, 15) is 18.0 Å². The number of halogens is 3. The van der Waals surface area contributed by atoms with E-state index in [1.54, 1.807) is 6.92 Å². The molecule has 9 heteroatoms. The van der Waals surface area contributed by atoms with Crippen LogP contribution in [0.2, 0.25) is 0 Å². The van der Waals surface area contributed by atoms with Gasteiger partial charge in [-0.25, -0.2) is 4.79 Å². The molecule has 0 heterocycles. The molecule has 1 aromatic rings. The fourth-order valence-corrected chi connectivity index (χ4v) is 1.54. The lowest BCUT2D eigenvalue weighted by molar-refractivity contribution is -0.137. The largest absolute Gasteiger partial charge is 0.416 e. The summed E-state index contributed by atoms with van der Waals surface area (Å²) in [7, 11) is 0. The summed E-state index contributed by atoms with van der Waals surface area (Å²) in [6.45, 7) is 1.63. The van der Waals surface area contributed by atoms with Crippen LogP contribution in [-0.2, 0) is 6.18 Å². The van der Waals surface area contributed by atoms with Crippen molar-refractivity contribution in [3.05, 3.63) is 29.8 Å². The lowest BCUT2D eigenvalue weighted by Crippen LogP contribution is -2.38. The predicted molar refractivity (Wildman–Crippen MR) is 71.1 cm³/mol. The van der Waals surface area contributed by atoms with Crippen molar-refractivity contribution in [1.82, 2.24) is 5.32 Å². The van der Waals surface area contributed by atoms with Gasteiger partial charge in [0.15, 0.2) is 0 Å². The maximum Gasteiger partial charge on any atom is 0.416 e. The van der Waals surface area contributed by atoms with E-state index < -0.39 is 23.8 Å². The molecule has 1 unspecified atom stereocenters. The Hall–Kier alpha value is -2.45. The molecule has 0 radical (unpaired) electrons. The molecular formula is C12H15F3N4O2.